The molecule has 1 aliphatic rings. The van der Waals surface area contributed by atoms with E-state index in [4.69, 9.17) is 5.11 Å². The van der Waals surface area contributed by atoms with Gasteiger partial charge in [0.05, 0.1) is 0 Å². The van der Waals surface area contributed by atoms with Crippen molar-refractivity contribution in [3.63, 3.8) is 0 Å². The molecule has 0 aromatic carbocycles. The van der Waals surface area contributed by atoms with E-state index < -0.39 is 5.97 Å². The smallest absolute Gasteiger partial charge is 0.323 e. The van der Waals surface area contributed by atoms with E-state index in [0.29, 0.717) is 0 Å². The highest BCUT2D eigenvalue weighted by atomic mass is 16.4. The molecule has 1 aliphatic heterocycles. The van der Waals surface area contributed by atoms with Gasteiger partial charge in [-0.3, -0.25) is 4.79 Å². The molecule has 0 atom stereocenters. The van der Waals surface area contributed by atoms with E-state index in [1.54, 1.807) is 0 Å². The summed E-state index contributed by atoms with van der Waals surface area (Å²) in [5.41, 5.74) is 0. The van der Waals surface area contributed by atoms with Gasteiger partial charge in [-0.1, -0.05) is 6.92 Å². The van der Waals surface area contributed by atoms with Crippen LogP contribution >= 0.6 is 0 Å². The van der Waals surface area contributed by atoms with Crippen LogP contribution < -0.4 is 5.32 Å². The highest BCUT2D eigenvalue weighted by molar-refractivity contribution is 5.80. The zero-order valence-corrected chi connectivity index (χ0v) is 12.8. The first-order valence-electron chi connectivity index (χ1n) is 7.45. The van der Waals surface area contributed by atoms with E-state index >= 15 is 0 Å². The van der Waals surface area contributed by atoms with Crippen molar-refractivity contribution >= 4 is 12.0 Å². The van der Waals surface area contributed by atoms with Crippen LogP contribution in [-0.4, -0.2) is 65.2 Å². The SMILES string of the molecule is CCCN1CCC(NC(=O)N(CC(=O)O)C(C)C)CC1. The van der Waals surface area contributed by atoms with Crippen LogP contribution in [-0.2, 0) is 4.79 Å². The molecule has 0 aliphatic carbocycles. The summed E-state index contributed by atoms with van der Waals surface area (Å²) in [6.45, 7) is 8.67. The molecular formula is C14H27N3O3. The van der Waals surface area contributed by atoms with E-state index in [1.165, 1.54) is 4.90 Å². The standard InChI is InChI=1S/C14H27N3O3/c1-4-7-16-8-5-12(6-9-16)15-14(20)17(11(2)3)10-13(18)19/h11-12H,4-10H2,1-3H3,(H,15,20)(H,18,19). The number of amides is 2. The monoisotopic (exact) mass is 285 g/mol. The average molecular weight is 285 g/mol. The largest absolute Gasteiger partial charge is 0.480 e. The predicted octanol–water partition coefficient (Wildman–Crippen LogP) is 1.37. The molecule has 6 nitrogen and oxygen atoms in total. The van der Waals surface area contributed by atoms with E-state index in [9.17, 15) is 9.59 Å². The lowest BCUT2D eigenvalue weighted by Gasteiger charge is -2.34. The summed E-state index contributed by atoms with van der Waals surface area (Å²) < 4.78 is 0. The zero-order chi connectivity index (χ0) is 15.1. The number of hydrogen-bond donors (Lipinski definition) is 2. The van der Waals surface area contributed by atoms with Gasteiger partial charge in [-0.2, -0.15) is 0 Å². The molecule has 0 aromatic rings. The second-order valence-corrected chi connectivity index (χ2v) is 5.68. The van der Waals surface area contributed by atoms with Crippen molar-refractivity contribution in [2.24, 2.45) is 0 Å². The third-order valence-electron chi connectivity index (χ3n) is 3.64. The zero-order valence-electron chi connectivity index (χ0n) is 12.8. The molecule has 0 radical (unpaired) electrons. The summed E-state index contributed by atoms with van der Waals surface area (Å²) in [5.74, 6) is -0.980. The summed E-state index contributed by atoms with van der Waals surface area (Å²) in [4.78, 5) is 26.7. The lowest BCUT2D eigenvalue weighted by molar-refractivity contribution is -0.138. The molecule has 0 aromatic heterocycles. The highest BCUT2D eigenvalue weighted by Crippen LogP contribution is 2.11. The van der Waals surface area contributed by atoms with Crippen LogP contribution in [0.3, 0.4) is 0 Å². The van der Waals surface area contributed by atoms with Crippen molar-refractivity contribution in [3.8, 4) is 0 Å². The van der Waals surface area contributed by atoms with Gasteiger partial charge in [-0.15, -0.1) is 0 Å². The first kappa shape index (κ1) is 16.8. The number of carbonyl (C=O) groups excluding carboxylic acids is 1. The third-order valence-corrected chi connectivity index (χ3v) is 3.64. The predicted molar refractivity (Wildman–Crippen MR) is 77.8 cm³/mol. The van der Waals surface area contributed by atoms with Gasteiger partial charge in [-0.25, -0.2) is 4.79 Å². The Morgan fingerprint density at radius 1 is 1.35 bits per heavy atom. The molecule has 0 unspecified atom stereocenters. The summed E-state index contributed by atoms with van der Waals surface area (Å²) in [6.07, 6.45) is 3.02. The van der Waals surface area contributed by atoms with Gasteiger partial charge in [0.2, 0.25) is 0 Å². The summed E-state index contributed by atoms with van der Waals surface area (Å²) >= 11 is 0. The van der Waals surface area contributed by atoms with Crippen molar-refractivity contribution in [1.82, 2.24) is 15.1 Å². The molecule has 1 rings (SSSR count). The van der Waals surface area contributed by atoms with Gasteiger partial charge in [0.15, 0.2) is 0 Å². The average Bonchev–Trinajstić information content (AvgIpc) is 2.38. The Morgan fingerprint density at radius 3 is 2.40 bits per heavy atom. The van der Waals surface area contributed by atoms with Crippen molar-refractivity contribution in [2.45, 2.75) is 52.1 Å². The quantitative estimate of drug-likeness (QED) is 0.773. The molecule has 0 saturated carbocycles. The van der Waals surface area contributed by atoms with E-state index in [2.05, 4.69) is 17.1 Å². The Kier molecular flexibility index (Phi) is 6.78. The minimum absolute atomic E-state index is 0.119. The molecule has 2 amide bonds. The van der Waals surface area contributed by atoms with Gasteiger partial charge < -0.3 is 20.2 Å². The molecule has 116 valence electrons. The fourth-order valence-corrected chi connectivity index (χ4v) is 2.51. The van der Waals surface area contributed by atoms with Crippen LogP contribution in [0, 0.1) is 0 Å². The second-order valence-electron chi connectivity index (χ2n) is 5.68. The lowest BCUT2D eigenvalue weighted by atomic mass is 10.1. The van der Waals surface area contributed by atoms with Gasteiger partial charge in [0, 0.05) is 25.2 Å². The number of nitrogens with one attached hydrogen (secondary N) is 1. The Labute approximate surface area is 121 Å². The molecule has 1 fully saturated rings. The van der Waals surface area contributed by atoms with E-state index in [1.807, 2.05) is 13.8 Å². The molecule has 6 heteroatoms. The highest BCUT2D eigenvalue weighted by Gasteiger charge is 2.24. The van der Waals surface area contributed by atoms with Gasteiger partial charge in [0.25, 0.3) is 0 Å². The Hall–Kier alpha value is -1.30. The normalized spacial score (nSPS) is 17.2. The van der Waals surface area contributed by atoms with Crippen molar-refractivity contribution in [2.75, 3.05) is 26.2 Å². The van der Waals surface area contributed by atoms with Crippen LogP contribution in [0.15, 0.2) is 0 Å². The number of carbonyl (C=O) groups is 2. The first-order chi connectivity index (χ1) is 9.43. The van der Waals surface area contributed by atoms with Crippen molar-refractivity contribution in [3.05, 3.63) is 0 Å². The Balaban J connectivity index is 2.43. The van der Waals surface area contributed by atoms with Gasteiger partial charge >= 0.3 is 12.0 Å². The molecule has 0 spiro atoms. The van der Waals surface area contributed by atoms with Crippen molar-refractivity contribution in [1.29, 1.82) is 0 Å². The van der Waals surface area contributed by atoms with E-state index in [0.717, 1.165) is 38.9 Å². The third kappa shape index (κ3) is 5.36. The molecule has 1 heterocycles. The lowest BCUT2D eigenvalue weighted by Crippen LogP contribution is -2.52. The minimum Gasteiger partial charge on any atom is -0.480 e. The first-order valence-corrected chi connectivity index (χ1v) is 7.45. The number of urea groups is 1. The number of hydrogen-bond acceptors (Lipinski definition) is 3. The van der Waals surface area contributed by atoms with Crippen LogP contribution in [0.1, 0.15) is 40.0 Å². The number of aliphatic carboxylic acids is 1. The van der Waals surface area contributed by atoms with Crippen LogP contribution in [0.25, 0.3) is 0 Å². The fourth-order valence-electron chi connectivity index (χ4n) is 2.51. The Morgan fingerprint density at radius 2 is 1.95 bits per heavy atom. The van der Waals surface area contributed by atoms with E-state index in [-0.39, 0.29) is 24.7 Å². The number of carboxylic acids is 1. The molecule has 20 heavy (non-hydrogen) atoms. The number of likely N-dealkylation sites (tertiary alicyclic amines) is 1. The molecular weight excluding hydrogens is 258 g/mol. The maximum Gasteiger partial charge on any atom is 0.323 e. The number of carboxylic acid groups (broad SMARTS) is 1. The molecule has 1 saturated heterocycles. The van der Waals surface area contributed by atoms with Crippen LogP contribution in [0.5, 0.6) is 0 Å². The fraction of sp³-hybridized carbons (Fsp3) is 0.857. The van der Waals surface area contributed by atoms with Crippen LogP contribution in [0.2, 0.25) is 0 Å². The molecule has 2 N–H and O–H groups in total. The molecule has 0 bridgehead atoms. The van der Waals surface area contributed by atoms with Crippen molar-refractivity contribution < 1.29 is 14.7 Å². The van der Waals surface area contributed by atoms with Crippen LogP contribution in [0.4, 0.5) is 4.79 Å². The van der Waals surface area contributed by atoms with Gasteiger partial charge in [0.1, 0.15) is 6.54 Å². The topological polar surface area (TPSA) is 72.9 Å². The summed E-state index contributed by atoms with van der Waals surface area (Å²) in [7, 11) is 0. The summed E-state index contributed by atoms with van der Waals surface area (Å²) in [6, 6.07) is -0.228. The minimum atomic E-state index is -0.980. The maximum absolute atomic E-state index is 12.1. The maximum atomic E-state index is 12.1. The Bertz CT molecular complexity index is 326. The van der Waals surface area contributed by atoms with Gasteiger partial charge in [-0.05, 0) is 39.7 Å². The number of piperidine rings is 1. The number of nitrogens with zero attached hydrogens (tertiary/aromatic N) is 2. The number of rotatable bonds is 6. The summed E-state index contributed by atoms with van der Waals surface area (Å²) in [5, 5.41) is 11.8. The second kappa shape index (κ2) is 8.09.